The van der Waals surface area contributed by atoms with Gasteiger partial charge in [0.25, 0.3) is 0 Å². The SMILES string of the molecule is CN(C)CCOc1ccc(C(O)NCC2COc3cccc(C4=CC=CCN4)c3O2)cc1. The predicted molar refractivity (Wildman–Crippen MR) is 125 cm³/mol. The summed E-state index contributed by atoms with van der Waals surface area (Å²) in [5, 5.41) is 17.1. The lowest BCUT2D eigenvalue weighted by Gasteiger charge is -2.30. The highest BCUT2D eigenvalue weighted by Gasteiger charge is 2.25. The lowest BCUT2D eigenvalue weighted by molar-refractivity contribution is 0.0657. The van der Waals surface area contributed by atoms with E-state index in [1.54, 1.807) is 0 Å². The Morgan fingerprint density at radius 2 is 2.06 bits per heavy atom. The molecular formula is C25H31N3O4. The van der Waals surface area contributed by atoms with Crippen molar-refractivity contribution in [1.29, 1.82) is 0 Å². The van der Waals surface area contributed by atoms with E-state index in [0.29, 0.717) is 19.8 Å². The van der Waals surface area contributed by atoms with Crippen molar-refractivity contribution in [3.8, 4) is 17.2 Å². The zero-order valence-electron chi connectivity index (χ0n) is 18.6. The Morgan fingerprint density at radius 3 is 2.81 bits per heavy atom. The highest BCUT2D eigenvalue weighted by atomic mass is 16.6. The number of nitrogens with zero attached hydrogens (tertiary/aromatic N) is 1. The maximum atomic E-state index is 10.6. The Labute approximate surface area is 189 Å². The molecule has 7 heteroatoms. The van der Waals surface area contributed by atoms with Crippen LogP contribution in [0.5, 0.6) is 17.2 Å². The molecular weight excluding hydrogens is 406 g/mol. The van der Waals surface area contributed by atoms with Crippen LogP contribution in [0.1, 0.15) is 17.4 Å². The molecule has 0 saturated heterocycles. The molecule has 2 heterocycles. The Morgan fingerprint density at radius 1 is 1.22 bits per heavy atom. The Balaban J connectivity index is 1.32. The monoisotopic (exact) mass is 437 g/mol. The Hall–Kier alpha value is -3.00. The van der Waals surface area contributed by atoms with E-state index < -0.39 is 6.23 Å². The molecule has 0 fully saturated rings. The fourth-order valence-electron chi connectivity index (χ4n) is 3.55. The minimum Gasteiger partial charge on any atom is -0.492 e. The molecule has 2 aliphatic heterocycles. The average Bonchev–Trinajstić information content (AvgIpc) is 2.83. The van der Waals surface area contributed by atoms with Gasteiger partial charge in [-0.05, 0) is 50.0 Å². The first-order chi connectivity index (χ1) is 15.6. The first kappa shape index (κ1) is 22.2. The van der Waals surface area contributed by atoms with Gasteiger partial charge in [-0.1, -0.05) is 30.4 Å². The molecule has 2 aromatic rings. The molecule has 0 spiro atoms. The predicted octanol–water partition coefficient (Wildman–Crippen LogP) is 2.55. The number of allylic oxidation sites excluding steroid dienone is 2. The molecule has 0 radical (unpaired) electrons. The maximum Gasteiger partial charge on any atom is 0.171 e. The van der Waals surface area contributed by atoms with E-state index in [1.807, 2.05) is 68.7 Å². The number of nitrogens with one attached hydrogen (secondary N) is 2. The molecule has 7 nitrogen and oxygen atoms in total. The van der Waals surface area contributed by atoms with Gasteiger partial charge in [0.1, 0.15) is 31.3 Å². The highest BCUT2D eigenvalue weighted by molar-refractivity contribution is 5.74. The zero-order valence-corrected chi connectivity index (χ0v) is 18.6. The second-order valence-electron chi connectivity index (χ2n) is 8.10. The Bertz CT molecular complexity index is 956. The summed E-state index contributed by atoms with van der Waals surface area (Å²) in [7, 11) is 4.02. The summed E-state index contributed by atoms with van der Waals surface area (Å²) < 4.78 is 17.9. The molecule has 0 amide bonds. The van der Waals surface area contributed by atoms with E-state index in [0.717, 1.165) is 47.2 Å². The van der Waals surface area contributed by atoms with Crippen molar-refractivity contribution >= 4 is 5.70 Å². The quantitative estimate of drug-likeness (QED) is 0.521. The van der Waals surface area contributed by atoms with Crippen LogP contribution in [0.25, 0.3) is 5.70 Å². The van der Waals surface area contributed by atoms with Gasteiger partial charge in [0.2, 0.25) is 0 Å². The number of likely N-dealkylation sites (N-methyl/N-ethyl adjacent to an activating group) is 1. The standard InChI is InChI=1S/C25H31N3O4/c1-28(2)14-15-30-19-11-9-18(10-12-19)25(29)27-16-20-17-31-23-8-5-6-21(24(23)32-20)22-7-3-4-13-26-22/h3-12,20,25-27,29H,13-17H2,1-2H3. The average molecular weight is 438 g/mol. The van der Waals surface area contributed by atoms with Crippen molar-refractivity contribution in [3.63, 3.8) is 0 Å². The molecule has 3 N–H and O–H groups in total. The molecule has 32 heavy (non-hydrogen) atoms. The van der Waals surface area contributed by atoms with E-state index in [1.165, 1.54) is 0 Å². The van der Waals surface area contributed by atoms with Crippen LogP contribution < -0.4 is 24.8 Å². The number of fused-ring (bicyclic) bond motifs is 1. The van der Waals surface area contributed by atoms with Gasteiger partial charge in [-0.2, -0.15) is 0 Å². The number of aliphatic hydroxyl groups excluding tert-OH is 1. The van der Waals surface area contributed by atoms with E-state index in [9.17, 15) is 5.11 Å². The molecule has 2 unspecified atom stereocenters. The van der Waals surface area contributed by atoms with Crippen LogP contribution in [0.3, 0.4) is 0 Å². The number of aliphatic hydroxyl groups is 1. The van der Waals surface area contributed by atoms with E-state index in [4.69, 9.17) is 14.2 Å². The van der Waals surface area contributed by atoms with Gasteiger partial charge in [-0.25, -0.2) is 0 Å². The topological polar surface area (TPSA) is 75.2 Å². The maximum absolute atomic E-state index is 10.6. The molecule has 0 bridgehead atoms. The molecule has 170 valence electrons. The van der Waals surface area contributed by atoms with Gasteiger partial charge in [0.05, 0.1) is 0 Å². The van der Waals surface area contributed by atoms with E-state index >= 15 is 0 Å². The van der Waals surface area contributed by atoms with Gasteiger partial charge in [0.15, 0.2) is 11.5 Å². The minimum atomic E-state index is -0.807. The van der Waals surface area contributed by atoms with Crippen molar-refractivity contribution in [2.75, 3.05) is 46.9 Å². The van der Waals surface area contributed by atoms with Gasteiger partial charge in [0, 0.05) is 30.9 Å². The van der Waals surface area contributed by atoms with Gasteiger partial charge in [-0.15, -0.1) is 0 Å². The number of ether oxygens (including phenoxy) is 3. The normalized spacial score (nSPS) is 18.1. The smallest absolute Gasteiger partial charge is 0.171 e. The number of benzene rings is 2. The lowest BCUT2D eigenvalue weighted by Crippen LogP contribution is -2.40. The molecule has 2 atom stereocenters. The van der Waals surface area contributed by atoms with E-state index in [-0.39, 0.29) is 6.10 Å². The van der Waals surface area contributed by atoms with Crippen LogP contribution in [0.4, 0.5) is 0 Å². The summed E-state index contributed by atoms with van der Waals surface area (Å²) >= 11 is 0. The molecule has 0 aromatic heterocycles. The first-order valence-electron chi connectivity index (χ1n) is 10.9. The fraction of sp³-hybridized carbons (Fsp3) is 0.360. The zero-order chi connectivity index (χ0) is 22.3. The molecule has 0 saturated carbocycles. The van der Waals surface area contributed by atoms with Crippen LogP contribution >= 0.6 is 0 Å². The molecule has 0 aliphatic carbocycles. The lowest BCUT2D eigenvalue weighted by atomic mass is 10.1. The summed E-state index contributed by atoms with van der Waals surface area (Å²) in [4.78, 5) is 2.07. The van der Waals surface area contributed by atoms with Gasteiger partial charge < -0.3 is 29.5 Å². The van der Waals surface area contributed by atoms with Crippen LogP contribution in [0, 0.1) is 0 Å². The summed E-state index contributed by atoms with van der Waals surface area (Å²) in [6.07, 6.45) is 5.10. The third kappa shape index (κ3) is 5.62. The Kier molecular flexibility index (Phi) is 7.32. The van der Waals surface area contributed by atoms with Crippen LogP contribution in [-0.2, 0) is 0 Å². The number of hydrogen-bond donors (Lipinski definition) is 3. The van der Waals surface area contributed by atoms with E-state index in [2.05, 4.69) is 21.6 Å². The first-order valence-corrected chi connectivity index (χ1v) is 10.9. The largest absolute Gasteiger partial charge is 0.492 e. The van der Waals surface area contributed by atoms with Crippen LogP contribution in [0.2, 0.25) is 0 Å². The summed E-state index contributed by atoms with van der Waals surface area (Å²) in [6, 6.07) is 13.4. The van der Waals surface area contributed by atoms with Crippen LogP contribution in [-0.4, -0.2) is 63.1 Å². The third-order valence-corrected chi connectivity index (χ3v) is 5.33. The summed E-state index contributed by atoms with van der Waals surface area (Å²) in [5.41, 5.74) is 2.75. The van der Waals surface area contributed by atoms with Crippen molar-refractivity contribution in [3.05, 3.63) is 71.8 Å². The fourth-order valence-corrected chi connectivity index (χ4v) is 3.55. The van der Waals surface area contributed by atoms with Crippen LogP contribution in [0.15, 0.2) is 60.7 Å². The van der Waals surface area contributed by atoms with Crippen molar-refractivity contribution in [2.24, 2.45) is 0 Å². The molecule has 4 rings (SSSR count). The van der Waals surface area contributed by atoms with Crippen molar-refractivity contribution in [1.82, 2.24) is 15.5 Å². The summed E-state index contributed by atoms with van der Waals surface area (Å²) in [6.45, 7) is 3.12. The highest BCUT2D eigenvalue weighted by Crippen LogP contribution is 2.38. The number of dihydropyridines is 1. The minimum absolute atomic E-state index is 0.216. The number of rotatable bonds is 9. The molecule has 2 aliphatic rings. The van der Waals surface area contributed by atoms with Crippen molar-refractivity contribution in [2.45, 2.75) is 12.3 Å². The number of para-hydroxylation sites is 1. The number of hydrogen-bond acceptors (Lipinski definition) is 7. The van der Waals surface area contributed by atoms with Crippen molar-refractivity contribution < 1.29 is 19.3 Å². The second-order valence-corrected chi connectivity index (χ2v) is 8.10. The summed E-state index contributed by atoms with van der Waals surface area (Å²) in [5.74, 6) is 2.26. The van der Waals surface area contributed by atoms with Gasteiger partial charge >= 0.3 is 0 Å². The molecule has 2 aromatic carbocycles. The third-order valence-electron chi connectivity index (χ3n) is 5.33. The second kappa shape index (κ2) is 10.5. The van der Waals surface area contributed by atoms with Gasteiger partial charge in [-0.3, -0.25) is 5.32 Å².